The highest BCUT2D eigenvalue weighted by Gasteiger charge is 2.08. The van der Waals surface area contributed by atoms with Crippen molar-refractivity contribution in [3.8, 4) is 0 Å². The van der Waals surface area contributed by atoms with Crippen LogP contribution in [0.25, 0.3) is 0 Å². The van der Waals surface area contributed by atoms with Crippen LogP contribution in [0.4, 0.5) is 0 Å². The zero-order valence-electron chi connectivity index (χ0n) is 8.46. The summed E-state index contributed by atoms with van der Waals surface area (Å²) in [5, 5.41) is 0. The van der Waals surface area contributed by atoms with Gasteiger partial charge in [0.05, 0.1) is 6.61 Å². The molecule has 0 aromatic carbocycles. The van der Waals surface area contributed by atoms with Crippen LogP contribution >= 0.6 is 0 Å². The summed E-state index contributed by atoms with van der Waals surface area (Å²) in [5.74, 6) is 0.274. The first kappa shape index (κ1) is 11.4. The smallest absolute Gasteiger partial charge is 0.302 e. The molecule has 0 bridgehead atoms. The third-order valence-corrected chi connectivity index (χ3v) is 1.72. The van der Waals surface area contributed by atoms with Gasteiger partial charge in [-0.05, 0) is 20.5 Å². The fraction of sp³-hybridized carbons (Fsp3) is 0.889. The lowest BCUT2D eigenvalue weighted by molar-refractivity contribution is -0.142. The van der Waals surface area contributed by atoms with Gasteiger partial charge in [0.2, 0.25) is 0 Å². The Labute approximate surface area is 74.7 Å². The van der Waals surface area contributed by atoms with Crippen molar-refractivity contribution in [3.63, 3.8) is 0 Å². The number of carbonyl (C=O) groups excluding carboxylic acids is 1. The summed E-state index contributed by atoms with van der Waals surface area (Å²) in [6.07, 6.45) is 1.05. The summed E-state index contributed by atoms with van der Waals surface area (Å²) in [6.45, 7) is 5.08. The summed E-state index contributed by atoms with van der Waals surface area (Å²) in [7, 11) is 4.05. The molecule has 0 aromatic heterocycles. The van der Waals surface area contributed by atoms with Gasteiger partial charge in [0, 0.05) is 19.4 Å². The monoisotopic (exact) mass is 173 g/mol. The van der Waals surface area contributed by atoms with E-state index >= 15 is 0 Å². The Morgan fingerprint density at radius 3 is 2.42 bits per heavy atom. The zero-order valence-corrected chi connectivity index (χ0v) is 8.46. The summed E-state index contributed by atoms with van der Waals surface area (Å²) < 4.78 is 4.93. The molecule has 0 aliphatic carbocycles. The van der Waals surface area contributed by atoms with Crippen molar-refractivity contribution in [3.05, 3.63) is 0 Å². The maximum atomic E-state index is 10.5. The van der Waals surface area contributed by atoms with E-state index in [-0.39, 0.29) is 5.97 Å². The molecule has 12 heavy (non-hydrogen) atoms. The second-order valence-electron chi connectivity index (χ2n) is 3.34. The second kappa shape index (κ2) is 6.00. The predicted molar refractivity (Wildman–Crippen MR) is 49.0 cm³/mol. The fourth-order valence-corrected chi connectivity index (χ4v) is 1.05. The van der Waals surface area contributed by atoms with Crippen molar-refractivity contribution >= 4 is 5.97 Å². The van der Waals surface area contributed by atoms with Crippen molar-refractivity contribution < 1.29 is 9.53 Å². The molecule has 0 spiro atoms. The Balaban J connectivity index is 3.60. The number of hydrogen-bond acceptors (Lipinski definition) is 3. The molecule has 0 heterocycles. The van der Waals surface area contributed by atoms with Gasteiger partial charge >= 0.3 is 5.97 Å². The molecular weight excluding hydrogens is 154 g/mol. The van der Waals surface area contributed by atoms with Crippen LogP contribution in [-0.2, 0) is 9.53 Å². The largest absolute Gasteiger partial charge is 0.466 e. The lowest BCUT2D eigenvalue weighted by atomic mass is 10.1. The topological polar surface area (TPSA) is 29.5 Å². The molecule has 0 N–H and O–H groups in total. The molecule has 1 unspecified atom stereocenters. The molecule has 0 radical (unpaired) electrons. The second-order valence-corrected chi connectivity index (χ2v) is 3.34. The van der Waals surface area contributed by atoms with Gasteiger partial charge in [-0.2, -0.15) is 0 Å². The molecule has 3 nitrogen and oxygen atoms in total. The van der Waals surface area contributed by atoms with Gasteiger partial charge < -0.3 is 9.64 Å². The molecule has 0 rings (SSSR count). The Morgan fingerprint density at radius 2 is 2.08 bits per heavy atom. The van der Waals surface area contributed by atoms with Crippen LogP contribution in [-0.4, -0.2) is 38.1 Å². The highest BCUT2D eigenvalue weighted by molar-refractivity contribution is 5.65. The third kappa shape index (κ3) is 6.16. The van der Waals surface area contributed by atoms with Gasteiger partial charge in [-0.3, -0.25) is 4.79 Å². The maximum Gasteiger partial charge on any atom is 0.302 e. The van der Waals surface area contributed by atoms with Crippen molar-refractivity contribution in [2.45, 2.75) is 20.3 Å². The average Bonchev–Trinajstić information content (AvgIpc) is 1.97. The third-order valence-electron chi connectivity index (χ3n) is 1.72. The van der Waals surface area contributed by atoms with Gasteiger partial charge in [0.1, 0.15) is 0 Å². The first-order valence-electron chi connectivity index (χ1n) is 4.34. The fourth-order valence-electron chi connectivity index (χ4n) is 1.05. The standard InChI is InChI=1S/C9H19NO2/c1-5-9(6-10(3)4)7-12-8(2)11/h9H,5-7H2,1-4H3. The molecule has 0 amide bonds. The highest BCUT2D eigenvalue weighted by atomic mass is 16.5. The molecule has 0 aliphatic rings. The molecule has 3 heteroatoms. The SMILES string of the molecule is CCC(COC(C)=O)CN(C)C. The van der Waals surface area contributed by atoms with E-state index < -0.39 is 0 Å². The zero-order chi connectivity index (χ0) is 9.56. The van der Waals surface area contributed by atoms with Crippen molar-refractivity contribution in [2.75, 3.05) is 27.2 Å². The van der Waals surface area contributed by atoms with E-state index in [0.29, 0.717) is 12.5 Å². The van der Waals surface area contributed by atoms with Gasteiger partial charge in [0.15, 0.2) is 0 Å². The maximum absolute atomic E-state index is 10.5. The summed E-state index contributed by atoms with van der Waals surface area (Å²) in [4.78, 5) is 12.6. The van der Waals surface area contributed by atoms with Gasteiger partial charge in [-0.15, -0.1) is 0 Å². The quantitative estimate of drug-likeness (QED) is 0.584. The minimum Gasteiger partial charge on any atom is -0.466 e. The number of hydrogen-bond donors (Lipinski definition) is 0. The van der Waals surface area contributed by atoms with E-state index in [9.17, 15) is 4.79 Å². The van der Waals surface area contributed by atoms with E-state index in [1.54, 1.807) is 0 Å². The first-order valence-corrected chi connectivity index (χ1v) is 4.34. The van der Waals surface area contributed by atoms with E-state index in [4.69, 9.17) is 4.74 Å². The van der Waals surface area contributed by atoms with Crippen LogP contribution in [0.15, 0.2) is 0 Å². The van der Waals surface area contributed by atoms with Crippen LogP contribution in [0.3, 0.4) is 0 Å². The number of rotatable bonds is 5. The van der Waals surface area contributed by atoms with Crippen LogP contribution in [0.2, 0.25) is 0 Å². The minimum atomic E-state index is -0.188. The van der Waals surface area contributed by atoms with Crippen LogP contribution in [0.1, 0.15) is 20.3 Å². The number of esters is 1. The van der Waals surface area contributed by atoms with Crippen molar-refractivity contribution in [2.24, 2.45) is 5.92 Å². The number of nitrogens with zero attached hydrogens (tertiary/aromatic N) is 1. The molecule has 72 valence electrons. The van der Waals surface area contributed by atoms with Gasteiger partial charge in [0.25, 0.3) is 0 Å². The molecule has 1 atom stereocenters. The normalized spacial score (nSPS) is 13.1. The first-order chi connectivity index (χ1) is 5.56. The van der Waals surface area contributed by atoms with Gasteiger partial charge in [-0.1, -0.05) is 6.92 Å². The average molecular weight is 173 g/mol. The molecular formula is C9H19NO2. The molecule has 0 fully saturated rings. The highest BCUT2D eigenvalue weighted by Crippen LogP contribution is 2.04. The van der Waals surface area contributed by atoms with Crippen molar-refractivity contribution in [1.82, 2.24) is 4.90 Å². The lowest BCUT2D eigenvalue weighted by Gasteiger charge is -2.18. The van der Waals surface area contributed by atoms with Gasteiger partial charge in [-0.25, -0.2) is 0 Å². The van der Waals surface area contributed by atoms with Crippen LogP contribution < -0.4 is 0 Å². The summed E-state index contributed by atoms with van der Waals surface area (Å²) in [5.41, 5.74) is 0. The number of carbonyl (C=O) groups is 1. The summed E-state index contributed by atoms with van der Waals surface area (Å²) in [6, 6.07) is 0. The Kier molecular flexibility index (Phi) is 5.72. The van der Waals surface area contributed by atoms with Crippen LogP contribution in [0.5, 0.6) is 0 Å². The molecule has 0 saturated heterocycles. The van der Waals surface area contributed by atoms with E-state index in [0.717, 1.165) is 13.0 Å². The molecule has 0 aromatic rings. The van der Waals surface area contributed by atoms with E-state index in [1.807, 2.05) is 14.1 Å². The van der Waals surface area contributed by atoms with E-state index in [2.05, 4.69) is 11.8 Å². The molecule has 0 saturated carbocycles. The predicted octanol–water partition coefficient (Wildman–Crippen LogP) is 1.14. The lowest BCUT2D eigenvalue weighted by Crippen LogP contribution is -2.25. The van der Waals surface area contributed by atoms with Crippen molar-refractivity contribution in [1.29, 1.82) is 0 Å². The molecule has 0 aliphatic heterocycles. The summed E-state index contributed by atoms with van der Waals surface area (Å²) >= 11 is 0. The minimum absolute atomic E-state index is 0.188. The number of ether oxygens (including phenoxy) is 1. The Hall–Kier alpha value is -0.570. The Morgan fingerprint density at radius 1 is 1.50 bits per heavy atom. The Bertz CT molecular complexity index is 134. The van der Waals surface area contributed by atoms with E-state index in [1.165, 1.54) is 6.92 Å². The van der Waals surface area contributed by atoms with Crippen LogP contribution in [0, 0.1) is 5.92 Å².